The molecule has 0 unspecified atom stereocenters. The average molecular weight is 303 g/mol. The molecule has 112 valence electrons. The van der Waals surface area contributed by atoms with Gasteiger partial charge in [0.25, 0.3) is 0 Å². The lowest BCUT2D eigenvalue weighted by molar-refractivity contribution is -0.138. The molecule has 0 spiro atoms. The highest BCUT2D eigenvalue weighted by Gasteiger charge is 2.24. The minimum absolute atomic E-state index is 0.0305. The van der Waals surface area contributed by atoms with E-state index in [1.165, 1.54) is 19.3 Å². The minimum Gasteiger partial charge on any atom is -0.480 e. The predicted molar refractivity (Wildman–Crippen MR) is 68.7 cm³/mol. The van der Waals surface area contributed by atoms with Crippen molar-refractivity contribution in [2.45, 2.75) is 36.7 Å². The molecule has 1 aliphatic heterocycles. The Morgan fingerprint density at radius 1 is 1.55 bits per heavy atom. The van der Waals surface area contributed by atoms with Gasteiger partial charge in [0, 0.05) is 19.4 Å². The van der Waals surface area contributed by atoms with Crippen LogP contribution in [-0.4, -0.2) is 48.5 Å². The quantitative estimate of drug-likeness (QED) is 0.791. The molecule has 0 aromatic carbocycles. The molecule has 1 aliphatic rings. The van der Waals surface area contributed by atoms with Gasteiger partial charge >= 0.3 is 5.97 Å². The van der Waals surface area contributed by atoms with Crippen LogP contribution in [0.1, 0.15) is 25.8 Å². The van der Waals surface area contributed by atoms with Gasteiger partial charge in [0.2, 0.25) is 10.0 Å². The van der Waals surface area contributed by atoms with Crippen molar-refractivity contribution in [1.82, 2.24) is 14.5 Å². The summed E-state index contributed by atoms with van der Waals surface area (Å²) in [5, 5.41) is 12.8. The molecule has 8 nitrogen and oxygen atoms in total. The molecule has 2 rings (SSSR count). The van der Waals surface area contributed by atoms with Gasteiger partial charge in [-0.15, -0.1) is 0 Å². The van der Waals surface area contributed by atoms with Crippen molar-refractivity contribution < 1.29 is 23.1 Å². The summed E-state index contributed by atoms with van der Waals surface area (Å²) < 4.78 is 32.9. The second-order valence-electron chi connectivity index (χ2n) is 4.68. The van der Waals surface area contributed by atoms with Crippen molar-refractivity contribution in [3.05, 3.63) is 12.4 Å². The monoisotopic (exact) mass is 303 g/mol. The van der Waals surface area contributed by atoms with E-state index in [2.05, 4.69) is 9.82 Å². The third kappa shape index (κ3) is 3.35. The summed E-state index contributed by atoms with van der Waals surface area (Å²) in [6.45, 7) is 2.52. The van der Waals surface area contributed by atoms with Crippen molar-refractivity contribution >= 4 is 16.0 Å². The molecule has 9 heteroatoms. The van der Waals surface area contributed by atoms with Crippen LogP contribution in [0.15, 0.2) is 17.3 Å². The van der Waals surface area contributed by atoms with Crippen molar-refractivity contribution in [3.8, 4) is 0 Å². The fourth-order valence-corrected chi connectivity index (χ4v) is 3.09. The van der Waals surface area contributed by atoms with E-state index >= 15 is 0 Å². The topological polar surface area (TPSA) is 111 Å². The first-order valence-electron chi connectivity index (χ1n) is 6.27. The van der Waals surface area contributed by atoms with Crippen LogP contribution in [0.25, 0.3) is 0 Å². The summed E-state index contributed by atoms with van der Waals surface area (Å²) in [5.74, 6) is -1.23. The number of carboxylic acids is 1. The van der Waals surface area contributed by atoms with Gasteiger partial charge in [0.1, 0.15) is 10.9 Å². The van der Waals surface area contributed by atoms with Crippen molar-refractivity contribution in [1.29, 1.82) is 0 Å². The maximum Gasteiger partial charge on any atom is 0.321 e. The summed E-state index contributed by atoms with van der Waals surface area (Å²) >= 11 is 0. The molecule has 1 aromatic rings. The van der Waals surface area contributed by atoms with Gasteiger partial charge in [0.05, 0.1) is 12.2 Å². The summed E-state index contributed by atoms with van der Waals surface area (Å²) in [6.07, 6.45) is 4.21. The Balaban J connectivity index is 2.12. The van der Waals surface area contributed by atoms with Crippen molar-refractivity contribution in [3.63, 3.8) is 0 Å². The van der Waals surface area contributed by atoms with E-state index in [-0.39, 0.29) is 10.9 Å². The largest absolute Gasteiger partial charge is 0.480 e. The second-order valence-corrected chi connectivity index (χ2v) is 6.39. The fourth-order valence-electron chi connectivity index (χ4n) is 1.96. The zero-order chi connectivity index (χ0) is 14.8. The summed E-state index contributed by atoms with van der Waals surface area (Å²) in [4.78, 5) is 10.7. The fraction of sp³-hybridized carbons (Fsp3) is 0.636. The highest BCUT2D eigenvalue weighted by atomic mass is 32.2. The number of carbonyl (C=O) groups is 1. The van der Waals surface area contributed by atoms with E-state index in [4.69, 9.17) is 9.84 Å². The number of nitrogens with zero attached hydrogens (tertiary/aromatic N) is 2. The van der Waals surface area contributed by atoms with Crippen LogP contribution in [0.3, 0.4) is 0 Å². The first-order chi connectivity index (χ1) is 9.40. The van der Waals surface area contributed by atoms with Gasteiger partial charge in [-0.25, -0.2) is 8.42 Å². The molecule has 1 fully saturated rings. The Kier molecular flexibility index (Phi) is 4.41. The zero-order valence-electron chi connectivity index (χ0n) is 11.0. The molecule has 20 heavy (non-hydrogen) atoms. The Hall–Kier alpha value is -1.45. The number of nitrogens with one attached hydrogen (secondary N) is 1. The maximum atomic E-state index is 12.0. The number of aromatic nitrogens is 2. The van der Waals surface area contributed by atoms with Crippen LogP contribution in [-0.2, 0) is 19.6 Å². The Labute approximate surface area is 116 Å². The van der Waals surface area contributed by atoms with Gasteiger partial charge in [-0.1, -0.05) is 0 Å². The standard InChI is InChI=1S/C11H17N3O5S/c1-8(11(15)16)13-20(17,18)10-6-12-14(7-10)9-2-4-19-5-3-9/h6-9,13H,2-5H2,1H3,(H,15,16)/t8-/m0/s1. The smallest absolute Gasteiger partial charge is 0.321 e. The molecule has 1 saturated heterocycles. The van der Waals surface area contributed by atoms with Crippen molar-refractivity contribution in [2.75, 3.05) is 13.2 Å². The average Bonchev–Trinajstić information content (AvgIpc) is 2.89. The van der Waals surface area contributed by atoms with E-state index in [1.54, 1.807) is 4.68 Å². The number of ether oxygens (including phenoxy) is 1. The van der Waals surface area contributed by atoms with Crippen LogP contribution < -0.4 is 4.72 Å². The number of aliphatic carboxylic acids is 1. The molecule has 1 atom stereocenters. The minimum atomic E-state index is -3.87. The Bertz CT molecular complexity index is 577. The van der Waals surface area contributed by atoms with Crippen LogP contribution in [0, 0.1) is 0 Å². The molecule has 0 saturated carbocycles. The number of rotatable bonds is 5. The molecule has 2 heterocycles. The van der Waals surface area contributed by atoms with E-state index in [9.17, 15) is 13.2 Å². The SMILES string of the molecule is C[C@H](NS(=O)(=O)c1cnn(C2CCOCC2)c1)C(=O)O. The van der Waals surface area contributed by atoms with Gasteiger partial charge in [-0.05, 0) is 19.8 Å². The van der Waals surface area contributed by atoms with Gasteiger partial charge in [-0.2, -0.15) is 9.82 Å². The van der Waals surface area contributed by atoms with Crippen LogP contribution in [0.4, 0.5) is 0 Å². The summed E-state index contributed by atoms with van der Waals surface area (Å²) in [7, 11) is -3.87. The molecule has 0 bridgehead atoms. The Morgan fingerprint density at radius 2 is 2.20 bits per heavy atom. The van der Waals surface area contributed by atoms with E-state index in [1.807, 2.05) is 0 Å². The number of hydrogen-bond acceptors (Lipinski definition) is 5. The second kappa shape index (κ2) is 5.90. The third-order valence-corrected chi connectivity index (χ3v) is 4.65. The van der Waals surface area contributed by atoms with E-state index < -0.39 is 22.0 Å². The first kappa shape index (κ1) is 14.9. The highest BCUT2D eigenvalue weighted by molar-refractivity contribution is 7.89. The summed E-state index contributed by atoms with van der Waals surface area (Å²) in [5.41, 5.74) is 0. The molecule has 0 radical (unpaired) electrons. The van der Waals surface area contributed by atoms with Crippen LogP contribution >= 0.6 is 0 Å². The van der Waals surface area contributed by atoms with Gasteiger partial charge in [-0.3, -0.25) is 9.48 Å². The molecule has 0 aliphatic carbocycles. The Morgan fingerprint density at radius 3 is 2.80 bits per heavy atom. The first-order valence-corrected chi connectivity index (χ1v) is 7.75. The number of sulfonamides is 1. The predicted octanol–water partition coefficient (Wildman–Crippen LogP) is -0.0140. The zero-order valence-corrected chi connectivity index (χ0v) is 11.8. The molecule has 0 amide bonds. The third-order valence-electron chi connectivity index (χ3n) is 3.16. The normalized spacial score (nSPS) is 18.9. The van der Waals surface area contributed by atoms with E-state index in [0.717, 1.165) is 12.8 Å². The molecule has 2 N–H and O–H groups in total. The van der Waals surface area contributed by atoms with Crippen LogP contribution in [0.2, 0.25) is 0 Å². The maximum absolute atomic E-state index is 12.0. The molecular formula is C11H17N3O5S. The summed E-state index contributed by atoms with van der Waals surface area (Å²) in [6, 6.07) is -1.07. The number of carboxylic acid groups (broad SMARTS) is 1. The lowest BCUT2D eigenvalue weighted by atomic mass is 10.1. The van der Waals surface area contributed by atoms with Gasteiger partial charge < -0.3 is 9.84 Å². The van der Waals surface area contributed by atoms with Gasteiger partial charge in [0.15, 0.2) is 0 Å². The van der Waals surface area contributed by atoms with Crippen LogP contribution in [0.5, 0.6) is 0 Å². The number of hydrogen-bond donors (Lipinski definition) is 2. The van der Waals surface area contributed by atoms with Crippen molar-refractivity contribution in [2.24, 2.45) is 0 Å². The molecule has 1 aromatic heterocycles. The van der Waals surface area contributed by atoms with E-state index in [0.29, 0.717) is 13.2 Å². The highest BCUT2D eigenvalue weighted by Crippen LogP contribution is 2.21. The lowest BCUT2D eigenvalue weighted by Gasteiger charge is -2.22. The molecular weight excluding hydrogens is 286 g/mol. The lowest BCUT2D eigenvalue weighted by Crippen LogP contribution is -2.38.